The molecule has 4 aromatic heterocycles. The Hall–Kier alpha value is -4.94. The number of hydrogen-bond acceptors (Lipinski definition) is 10. The normalized spacial score (nSPS) is 17.3. The monoisotopic (exact) mass is 851 g/mol. The Morgan fingerprint density at radius 1 is 0.651 bits per heavy atom. The highest BCUT2D eigenvalue weighted by Gasteiger charge is 2.31. The first-order valence-corrected chi connectivity index (χ1v) is 24.1. The third kappa shape index (κ3) is 9.34. The SMILES string of the molecule is Cc1cc(C)c2nc(-c3cnc(N(CCCC4CCN(C)CC4)N(CCCC4CCN(C)CC4)c4ncc(-c5nc6c(C)c(C)ccc6[nH]5)c(C5CCC5)n4)nc3C(C)C)[nH]c2c1. The van der Waals surface area contributed by atoms with Crippen LogP contribution in [0.1, 0.15) is 130 Å². The van der Waals surface area contributed by atoms with E-state index in [4.69, 9.17) is 29.9 Å². The second kappa shape index (κ2) is 18.6. The molecule has 63 heavy (non-hydrogen) atoms. The number of aryl methyl sites for hydroxylation is 4. The minimum atomic E-state index is 0.147. The fraction of sp³-hybridized carbons (Fsp3) is 0.569. The Morgan fingerprint density at radius 2 is 1.22 bits per heavy atom. The van der Waals surface area contributed by atoms with Crippen LogP contribution in [0, 0.1) is 39.5 Å². The molecule has 2 saturated heterocycles. The summed E-state index contributed by atoms with van der Waals surface area (Å²) in [6.45, 7) is 19.3. The van der Waals surface area contributed by atoms with Crippen molar-refractivity contribution in [3.05, 3.63) is 70.3 Å². The summed E-state index contributed by atoms with van der Waals surface area (Å²) in [6, 6.07) is 8.70. The average Bonchev–Trinajstić information content (AvgIpc) is 3.89. The van der Waals surface area contributed by atoms with Gasteiger partial charge in [0.25, 0.3) is 0 Å². The summed E-state index contributed by atoms with van der Waals surface area (Å²) in [5.41, 5.74) is 13.0. The lowest BCUT2D eigenvalue weighted by Gasteiger charge is -2.37. The number of nitrogens with one attached hydrogen (secondary N) is 2. The van der Waals surface area contributed by atoms with Crippen molar-refractivity contribution in [2.45, 2.75) is 124 Å². The zero-order valence-corrected chi connectivity index (χ0v) is 39.3. The molecular formula is C51H70N12. The van der Waals surface area contributed by atoms with E-state index in [-0.39, 0.29) is 5.92 Å². The van der Waals surface area contributed by atoms with Gasteiger partial charge in [-0.05, 0) is 184 Å². The van der Waals surface area contributed by atoms with Crippen molar-refractivity contribution >= 4 is 34.0 Å². The molecule has 3 fully saturated rings. The van der Waals surface area contributed by atoms with E-state index in [9.17, 15) is 0 Å². The average molecular weight is 851 g/mol. The molecule has 12 nitrogen and oxygen atoms in total. The highest BCUT2D eigenvalue weighted by atomic mass is 15.7. The maximum Gasteiger partial charge on any atom is 0.244 e. The van der Waals surface area contributed by atoms with Gasteiger partial charge in [0.2, 0.25) is 11.9 Å². The maximum absolute atomic E-state index is 5.60. The van der Waals surface area contributed by atoms with E-state index in [1.54, 1.807) is 0 Å². The van der Waals surface area contributed by atoms with Crippen LogP contribution >= 0.6 is 0 Å². The first kappa shape index (κ1) is 43.3. The Balaban J connectivity index is 1.12. The molecule has 6 heterocycles. The molecule has 2 aromatic carbocycles. The van der Waals surface area contributed by atoms with E-state index in [0.717, 1.165) is 113 Å². The number of anilines is 2. The van der Waals surface area contributed by atoms with Crippen molar-refractivity contribution in [1.82, 2.24) is 49.7 Å². The van der Waals surface area contributed by atoms with Crippen molar-refractivity contribution in [2.24, 2.45) is 11.8 Å². The van der Waals surface area contributed by atoms with Gasteiger partial charge in [-0.1, -0.05) is 32.4 Å². The highest BCUT2D eigenvalue weighted by molar-refractivity contribution is 5.84. The second-order valence-corrected chi connectivity index (χ2v) is 19.8. The Bertz CT molecular complexity index is 2520. The molecule has 1 aliphatic carbocycles. The van der Waals surface area contributed by atoms with Gasteiger partial charge in [0.1, 0.15) is 11.6 Å². The second-order valence-electron chi connectivity index (χ2n) is 19.8. The molecule has 9 rings (SSSR count). The van der Waals surface area contributed by atoms with Gasteiger partial charge in [0.05, 0.1) is 44.6 Å². The highest BCUT2D eigenvalue weighted by Crippen LogP contribution is 2.41. The zero-order valence-electron chi connectivity index (χ0n) is 39.3. The van der Waals surface area contributed by atoms with Crippen LogP contribution in [0.2, 0.25) is 0 Å². The van der Waals surface area contributed by atoms with Crippen molar-refractivity contribution in [3.8, 4) is 22.8 Å². The summed E-state index contributed by atoms with van der Waals surface area (Å²) in [6.07, 6.45) is 17.0. The van der Waals surface area contributed by atoms with Gasteiger partial charge in [-0.2, -0.15) is 0 Å². The number of nitrogens with zero attached hydrogens (tertiary/aromatic N) is 10. The van der Waals surface area contributed by atoms with E-state index >= 15 is 0 Å². The minimum Gasteiger partial charge on any atom is -0.338 e. The minimum absolute atomic E-state index is 0.147. The number of aromatic amines is 2. The predicted molar refractivity (Wildman–Crippen MR) is 257 cm³/mol. The van der Waals surface area contributed by atoms with E-state index in [0.29, 0.717) is 11.9 Å². The van der Waals surface area contributed by atoms with Crippen LogP contribution in [-0.4, -0.2) is 103 Å². The van der Waals surface area contributed by atoms with Gasteiger partial charge in [-0.25, -0.2) is 39.9 Å². The molecule has 0 spiro atoms. The zero-order chi connectivity index (χ0) is 43.8. The molecule has 2 N–H and O–H groups in total. The van der Waals surface area contributed by atoms with Crippen LogP contribution in [0.4, 0.5) is 11.9 Å². The smallest absolute Gasteiger partial charge is 0.244 e. The fourth-order valence-corrected chi connectivity index (χ4v) is 10.3. The molecular weight excluding hydrogens is 781 g/mol. The topological polar surface area (TPSA) is 122 Å². The van der Waals surface area contributed by atoms with Crippen molar-refractivity contribution in [2.75, 3.05) is 63.4 Å². The summed E-state index contributed by atoms with van der Waals surface area (Å²) >= 11 is 0. The van der Waals surface area contributed by atoms with E-state index in [1.807, 2.05) is 12.4 Å². The fourth-order valence-electron chi connectivity index (χ4n) is 10.3. The van der Waals surface area contributed by atoms with Crippen molar-refractivity contribution in [1.29, 1.82) is 0 Å². The number of imidazole rings is 2. The molecule has 0 radical (unpaired) electrons. The molecule has 0 bridgehead atoms. The number of aromatic nitrogens is 8. The number of hydrazine groups is 1. The van der Waals surface area contributed by atoms with Crippen LogP contribution in [0.25, 0.3) is 44.8 Å². The molecule has 334 valence electrons. The molecule has 2 aliphatic heterocycles. The molecule has 12 heteroatoms. The van der Waals surface area contributed by atoms with Crippen LogP contribution in [0.15, 0.2) is 36.7 Å². The largest absolute Gasteiger partial charge is 0.338 e. The number of rotatable bonds is 15. The van der Waals surface area contributed by atoms with E-state index < -0.39 is 0 Å². The number of hydrogen-bond donors (Lipinski definition) is 2. The molecule has 1 saturated carbocycles. The summed E-state index contributed by atoms with van der Waals surface area (Å²) in [5, 5.41) is 4.70. The Morgan fingerprint density at radius 3 is 1.83 bits per heavy atom. The number of piperidine rings is 2. The molecule has 0 atom stereocenters. The Kier molecular flexibility index (Phi) is 12.8. The number of benzene rings is 2. The third-order valence-corrected chi connectivity index (χ3v) is 14.7. The molecule has 0 unspecified atom stereocenters. The van der Waals surface area contributed by atoms with Crippen LogP contribution < -0.4 is 10.0 Å². The van der Waals surface area contributed by atoms with Crippen molar-refractivity contribution in [3.63, 3.8) is 0 Å². The summed E-state index contributed by atoms with van der Waals surface area (Å²) in [5.74, 6) is 5.08. The van der Waals surface area contributed by atoms with Gasteiger partial charge in [0.15, 0.2) is 0 Å². The lowest BCUT2D eigenvalue weighted by atomic mass is 9.81. The maximum atomic E-state index is 5.60. The number of likely N-dealkylation sites (tertiary alicyclic amines) is 2. The van der Waals surface area contributed by atoms with Gasteiger partial charge in [0, 0.05) is 31.4 Å². The predicted octanol–water partition coefficient (Wildman–Crippen LogP) is 10.4. The molecule has 0 amide bonds. The lowest BCUT2D eigenvalue weighted by Crippen LogP contribution is -2.47. The van der Waals surface area contributed by atoms with Crippen LogP contribution in [-0.2, 0) is 0 Å². The van der Waals surface area contributed by atoms with E-state index in [2.05, 4.69) is 110 Å². The number of fused-ring (bicyclic) bond motifs is 2. The summed E-state index contributed by atoms with van der Waals surface area (Å²) in [7, 11) is 4.50. The molecule has 6 aromatic rings. The van der Waals surface area contributed by atoms with E-state index in [1.165, 1.54) is 93.4 Å². The van der Waals surface area contributed by atoms with Gasteiger partial charge < -0.3 is 19.8 Å². The number of H-pyrrole nitrogens is 2. The summed E-state index contributed by atoms with van der Waals surface area (Å²) < 4.78 is 0. The quantitative estimate of drug-likeness (QED) is 0.0966. The van der Waals surface area contributed by atoms with Gasteiger partial charge in [-0.3, -0.25) is 0 Å². The first-order chi connectivity index (χ1) is 30.5. The third-order valence-electron chi connectivity index (χ3n) is 14.7. The Labute approximate surface area is 374 Å². The molecule has 3 aliphatic rings. The first-order valence-electron chi connectivity index (χ1n) is 24.1. The van der Waals surface area contributed by atoms with Gasteiger partial charge >= 0.3 is 0 Å². The van der Waals surface area contributed by atoms with Crippen molar-refractivity contribution < 1.29 is 0 Å². The standard InChI is InChI=1S/C51H70N12/c1-32(2)44-40(48-55-43-29-33(3)28-35(5)45(43)56-48)30-52-50(58-44)62(22-10-12-37-18-24-60(7)25-19-37)63(23-11-13-38-20-26-61(8)27-21-38)51-53-31-41(47(59-51)39-14-9-15-39)49-54-42-17-16-34(4)36(6)46(42)57-49/h16-17,28-32,37-39H,9-15,18-27H2,1-8H3,(H,54,57)(H,55,56). The van der Waals surface area contributed by atoms with Crippen LogP contribution in [0.5, 0.6) is 0 Å². The van der Waals surface area contributed by atoms with Gasteiger partial charge in [-0.15, -0.1) is 0 Å². The van der Waals surface area contributed by atoms with Crippen LogP contribution in [0.3, 0.4) is 0 Å². The summed E-state index contributed by atoms with van der Waals surface area (Å²) in [4.78, 5) is 44.2. The lowest BCUT2D eigenvalue weighted by molar-refractivity contribution is 0.209.